The molecule has 3 amide bonds. The van der Waals surface area contributed by atoms with Crippen LogP contribution >= 0.6 is 11.3 Å². The van der Waals surface area contributed by atoms with E-state index in [4.69, 9.17) is 0 Å². The fourth-order valence-electron chi connectivity index (χ4n) is 3.88. The summed E-state index contributed by atoms with van der Waals surface area (Å²) < 4.78 is 44.6. The van der Waals surface area contributed by atoms with E-state index in [1.54, 1.807) is 24.1 Å². The van der Waals surface area contributed by atoms with Gasteiger partial charge in [0, 0.05) is 18.8 Å². The van der Waals surface area contributed by atoms with Crippen molar-refractivity contribution in [2.75, 3.05) is 6.67 Å². The van der Waals surface area contributed by atoms with Crippen LogP contribution in [0.3, 0.4) is 0 Å². The van der Waals surface area contributed by atoms with Crippen molar-refractivity contribution in [3.8, 4) is 0 Å². The summed E-state index contributed by atoms with van der Waals surface area (Å²) in [5.74, 6) is -0.617. The van der Waals surface area contributed by atoms with Crippen LogP contribution in [-0.2, 0) is 35.0 Å². The molecular formula is C20H21FN7O4S2+. The number of nitrogens with zero attached hydrogens (tertiary/aromatic N) is 6. The zero-order valence-electron chi connectivity index (χ0n) is 18.1. The maximum Gasteiger partial charge on any atom is 0.502 e. The second kappa shape index (κ2) is 8.29. The SMILES string of the molecule is Cn1cc(CN2C(=O)C3=CC(S(=O)(=O)NC4(CF)CC4)C=CC3=[N+](Cc3nncs3)C2=O)cn1. The molecule has 11 nitrogen and oxygen atoms in total. The zero-order valence-corrected chi connectivity index (χ0v) is 19.7. The number of alkyl halides is 1. The number of sulfonamides is 1. The summed E-state index contributed by atoms with van der Waals surface area (Å²) in [6.45, 7) is -0.760. The molecule has 2 aromatic rings. The fourth-order valence-corrected chi connectivity index (χ4v) is 6.00. The Morgan fingerprint density at radius 1 is 1.35 bits per heavy atom. The maximum atomic E-state index is 13.4. The van der Waals surface area contributed by atoms with Crippen LogP contribution in [0.5, 0.6) is 0 Å². The lowest BCUT2D eigenvalue weighted by molar-refractivity contribution is -0.453. The van der Waals surface area contributed by atoms with E-state index < -0.39 is 39.4 Å². The molecule has 1 aliphatic heterocycles. The molecule has 0 spiro atoms. The molecule has 3 heterocycles. The van der Waals surface area contributed by atoms with Gasteiger partial charge in [0.1, 0.15) is 41.8 Å². The normalized spacial score (nSPS) is 21.6. The fraction of sp³-hybridized carbons (Fsp3) is 0.400. The topological polar surface area (TPSA) is 130 Å². The Morgan fingerprint density at radius 2 is 2.15 bits per heavy atom. The maximum absolute atomic E-state index is 13.4. The minimum atomic E-state index is -3.99. The Balaban J connectivity index is 1.53. The van der Waals surface area contributed by atoms with Gasteiger partial charge in [0.15, 0.2) is 5.01 Å². The van der Waals surface area contributed by atoms with Crippen molar-refractivity contribution in [1.82, 2.24) is 29.6 Å². The molecule has 1 saturated carbocycles. The van der Waals surface area contributed by atoms with Crippen LogP contribution in [-0.4, -0.2) is 73.0 Å². The highest BCUT2D eigenvalue weighted by molar-refractivity contribution is 7.90. The highest BCUT2D eigenvalue weighted by Gasteiger charge is 2.49. The van der Waals surface area contributed by atoms with E-state index in [9.17, 15) is 22.4 Å². The summed E-state index contributed by atoms with van der Waals surface area (Å²) in [6.07, 6.45) is 8.24. The number of imide groups is 1. The lowest BCUT2D eigenvalue weighted by Crippen LogP contribution is -2.51. The number of hydrogen-bond donors (Lipinski definition) is 1. The van der Waals surface area contributed by atoms with Gasteiger partial charge in [-0.25, -0.2) is 22.3 Å². The number of aromatic nitrogens is 4. The quantitative estimate of drug-likeness (QED) is 0.521. The highest BCUT2D eigenvalue weighted by atomic mass is 32.2. The summed E-state index contributed by atoms with van der Waals surface area (Å²) in [4.78, 5) is 27.8. The van der Waals surface area contributed by atoms with E-state index >= 15 is 0 Å². The van der Waals surface area contributed by atoms with Crippen LogP contribution in [0, 0.1) is 0 Å². The highest BCUT2D eigenvalue weighted by Crippen LogP contribution is 2.37. The minimum Gasteiger partial charge on any atom is -0.275 e. The van der Waals surface area contributed by atoms with E-state index in [2.05, 4.69) is 20.0 Å². The Hall–Kier alpha value is -3.10. The van der Waals surface area contributed by atoms with Gasteiger partial charge in [-0.05, 0) is 25.0 Å². The van der Waals surface area contributed by atoms with E-state index in [0.29, 0.717) is 23.4 Å². The Morgan fingerprint density at radius 3 is 2.76 bits per heavy atom. The predicted octanol–water partition coefficient (Wildman–Crippen LogP) is 0.674. The van der Waals surface area contributed by atoms with Crippen LogP contribution in [0.25, 0.3) is 0 Å². The Kier molecular flexibility index (Phi) is 5.53. The van der Waals surface area contributed by atoms with E-state index in [0.717, 1.165) is 4.90 Å². The molecular weight excluding hydrogens is 485 g/mol. The largest absolute Gasteiger partial charge is 0.502 e. The van der Waals surface area contributed by atoms with Crippen LogP contribution in [0.2, 0.25) is 0 Å². The van der Waals surface area contributed by atoms with Gasteiger partial charge < -0.3 is 0 Å². The molecule has 5 rings (SSSR count). The smallest absolute Gasteiger partial charge is 0.275 e. The summed E-state index contributed by atoms with van der Waals surface area (Å²) in [7, 11) is -2.27. The molecule has 2 aromatic heterocycles. The number of fused-ring (bicyclic) bond motifs is 1. The molecule has 1 fully saturated rings. The second-order valence-corrected chi connectivity index (χ2v) is 11.2. The molecule has 1 atom stereocenters. The van der Waals surface area contributed by atoms with E-state index in [1.165, 1.54) is 39.7 Å². The lowest BCUT2D eigenvalue weighted by atomic mass is 9.99. The third-order valence-corrected chi connectivity index (χ3v) is 8.31. The number of hydrogen-bond acceptors (Lipinski definition) is 8. The third kappa shape index (κ3) is 4.12. The summed E-state index contributed by atoms with van der Waals surface area (Å²) in [5, 5.41) is 11.2. The van der Waals surface area contributed by atoms with Gasteiger partial charge in [-0.15, -0.1) is 21.5 Å². The molecule has 34 heavy (non-hydrogen) atoms. The number of rotatable bonds is 8. The van der Waals surface area contributed by atoms with E-state index in [1.807, 2.05) is 0 Å². The minimum absolute atomic E-state index is 0.0346. The number of allylic oxidation sites excluding steroid dienone is 1. The number of nitrogens with one attached hydrogen (secondary N) is 1. The van der Waals surface area contributed by atoms with Gasteiger partial charge >= 0.3 is 11.9 Å². The van der Waals surface area contributed by atoms with Crippen molar-refractivity contribution >= 4 is 39.0 Å². The van der Waals surface area contributed by atoms with Crippen LogP contribution in [0.15, 0.2) is 41.7 Å². The van der Waals surface area contributed by atoms with Crippen molar-refractivity contribution in [2.45, 2.75) is 36.7 Å². The van der Waals surface area contributed by atoms with Gasteiger partial charge in [0.05, 0.1) is 11.7 Å². The molecule has 2 aliphatic carbocycles. The number of halogens is 1. The summed E-state index contributed by atoms with van der Waals surface area (Å²) >= 11 is 1.26. The van der Waals surface area contributed by atoms with Crippen molar-refractivity contribution in [3.63, 3.8) is 0 Å². The molecule has 0 bridgehead atoms. The van der Waals surface area contributed by atoms with Gasteiger partial charge in [-0.1, -0.05) is 6.08 Å². The van der Waals surface area contributed by atoms with Gasteiger partial charge in [-0.3, -0.25) is 4.68 Å². The Bertz CT molecular complexity index is 1360. The standard InChI is InChI=1S/C20H21FN7O4S2/c1-26-8-13(7-23-26)9-28-18(29)15-6-14(34(31,32)25-20(11-21)4-5-20)2-3-16(15)27(19(28)30)10-17-24-22-12-33-17/h2-3,6-8,12,14,25H,4-5,9-11H2,1H3/q+1. The number of amides is 3. The zero-order chi connectivity index (χ0) is 24.1. The molecule has 3 aliphatic rings. The van der Waals surface area contributed by atoms with E-state index in [-0.39, 0.29) is 24.4 Å². The summed E-state index contributed by atoms with van der Waals surface area (Å²) in [5.41, 5.74) is 1.48. The van der Waals surface area contributed by atoms with Gasteiger partial charge in [0.2, 0.25) is 10.0 Å². The predicted molar refractivity (Wildman–Crippen MR) is 119 cm³/mol. The first-order valence-corrected chi connectivity index (χ1v) is 12.9. The third-order valence-electron chi connectivity index (χ3n) is 5.90. The first-order chi connectivity index (χ1) is 16.2. The van der Waals surface area contributed by atoms with Crippen molar-refractivity contribution in [1.29, 1.82) is 0 Å². The average Bonchev–Trinajstić information content (AvgIpc) is 3.17. The number of urea groups is 1. The molecule has 0 saturated heterocycles. The van der Waals surface area contributed by atoms with Crippen molar-refractivity contribution < 1.29 is 27.0 Å². The average molecular weight is 507 g/mol. The monoisotopic (exact) mass is 506 g/mol. The van der Waals surface area contributed by atoms with Crippen molar-refractivity contribution in [3.05, 3.63) is 52.3 Å². The molecule has 14 heteroatoms. The molecule has 1 N–H and O–H groups in total. The summed E-state index contributed by atoms with van der Waals surface area (Å²) in [6, 6.07) is -0.561. The van der Waals surface area contributed by atoms with Crippen LogP contribution in [0.4, 0.5) is 9.18 Å². The van der Waals surface area contributed by atoms with Crippen LogP contribution in [0.1, 0.15) is 23.4 Å². The number of carbonyl (C=O) groups is 2. The first-order valence-electron chi connectivity index (χ1n) is 10.4. The van der Waals surface area contributed by atoms with Crippen LogP contribution < -0.4 is 4.72 Å². The molecule has 0 radical (unpaired) electrons. The van der Waals surface area contributed by atoms with Gasteiger partial charge in [0.25, 0.3) is 0 Å². The molecule has 1 unspecified atom stereocenters. The van der Waals surface area contributed by atoms with Gasteiger partial charge in [-0.2, -0.15) is 19.4 Å². The number of aryl methyl sites for hydroxylation is 1. The van der Waals surface area contributed by atoms with Crippen molar-refractivity contribution in [2.24, 2.45) is 7.05 Å². The number of carbonyl (C=O) groups excluding carboxylic acids is 2. The molecule has 178 valence electrons. The molecule has 0 aromatic carbocycles. The first kappa shape index (κ1) is 22.7. The second-order valence-electron chi connectivity index (χ2n) is 8.47. The lowest BCUT2D eigenvalue weighted by Gasteiger charge is -2.26. The Labute approximate surface area is 198 Å².